The molecule has 1 heterocycles. The first-order valence-corrected chi connectivity index (χ1v) is 9.61. The Kier molecular flexibility index (Phi) is 6.62. The van der Waals surface area contributed by atoms with Crippen molar-refractivity contribution in [3.05, 3.63) is 63.3 Å². The molecule has 3 rings (SSSR count). The number of rotatable bonds is 7. The van der Waals surface area contributed by atoms with Gasteiger partial charge in [0.2, 0.25) is 0 Å². The van der Waals surface area contributed by atoms with Gasteiger partial charge in [0, 0.05) is 31.1 Å². The first-order valence-electron chi connectivity index (χ1n) is 8.86. The highest BCUT2D eigenvalue weighted by Gasteiger charge is 2.19. The van der Waals surface area contributed by atoms with Gasteiger partial charge in [-0.15, -0.1) is 0 Å². The van der Waals surface area contributed by atoms with E-state index < -0.39 is 0 Å². The number of para-hydroxylation sites is 1. The molecule has 1 amide bonds. The van der Waals surface area contributed by atoms with E-state index in [-0.39, 0.29) is 11.5 Å². The fourth-order valence-electron chi connectivity index (χ4n) is 3.08. The van der Waals surface area contributed by atoms with E-state index in [0.717, 1.165) is 29.8 Å². The zero-order valence-corrected chi connectivity index (χ0v) is 17.5. The number of benzene rings is 2. The lowest BCUT2D eigenvalue weighted by Gasteiger charge is -2.15. The fraction of sp³-hybridized carbons (Fsp3) is 0.286. The van der Waals surface area contributed by atoms with E-state index in [1.54, 1.807) is 31.4 Å². The van der Waals surface area contributed by atoms with Crippen LogP contribution in [0.2, 0.25) is 10.0 Å². The molecular weight excluding hydrogens is 399 g/mol. The van der Waals surface area contributed by atoms with Crippen molar-refractivity contribution in [2.24, 2.45) is 0 Å². The number of amides is 1. The third-order valence-electron chi connectivity index (χ3n) is 4.56. The topological polar surface area (TPSA) is 54.7 Å². The summed E-state index contributed by atoms with van der Waals surface area (Å²) in [5, 5.41) is 4.44. The molecule has 0 aliphatic heterocycles. The Bertz CT molecular complexity index is 980. The minimum absolute atomic E-state index is 0.241. The molecule has 0 spiro atoms. The summed E-state index contributed by atoms with van der Waals surface area (Å²) in [5.74, 6) is 0.438. The molecule has 7 heteroatoms. The second kappa shape index (κ2) is 8.97. The van der Waals surface area contributed by atoms with E-state index in [1.807, 2.05) is 26.1 Å². The average Bonchev–Trinajstić information content (AvgIpc) is 2.96. The van der Waals surface area contributed by atoms with Gasteiger partial charge in [0.15, 0.2) is 5.58 Å². The molecule has 148 valence electrons. The maximum atomic E-state index is 12.7. The van der Waals surface area contributed by atoms with Gasteiger partial charge in [0.05, 0.1) is 27.9 Å². The number of carbonyl (C=O) groups excluding carboxylic acids is 1. The van der Waals surface area contributed by atoms with Crippen LogP contribution in [0.25, 0.3) is 11.0 Å². The molecule has 0 aliphatic carbocycles. The molecule has 1 N–H and O–H groups in total. The summed E-state index contributed by atoms with van der Waals surface area (Å²) in [5.41, 5.74) is 2.53. The summed E-state index contributed by atoms with van der Waals surface area (Å²) in [6.45, 7) is 4.11. The zero-order chi connectivity index (χ0) is 20.3. The van der Waals surface area contributed by atoms with Crippen LogP contribution in [0.3, 0.4) is 0 Å². The van der Waals surface area contributed by atoms with Gasteiger partial charge in [0.25, 0.3) is 5.91 Å². The lowest BCUT2D eigenvalue weighted by molar-refractivity contribution is 0.102. The van der Waals surface area contributed by atoms with Gasteiger partial charge < -0.3 is 14.5 Å². The monoisotopic (exact) mass is 420 g/mol. The molecule has 28 heavy (non-hydrogen) atoms. The summed E-state index contributed by atoms with van der Waals surface area (Å²) < 4.78 is 11.1. The minimum atomic E-state index is -0.379. The number of furan rings is 1. The van der Waals surface area contributed by atoms with Gasteiger partial charge in [-0.2, -0.15) is 0 Å². The average molecular weight is 421 g/mol. The normalized spacial score (nSPS) is 11.4. The van der Waals surface area contributed by atoms with Crippen LogP contribution in [0.5, 0.6) is 0 Å². The molecule has 5 nitrogen and oxygen atoms in total. The van der Waals surface area contributed by atoms with E-state index in [1.165, 1.54) is 0 Å². The molecule has 0 aliphatic rings. The van der Waals surface area contributed by atoms with Crippen LogP contribution in [-0.2, 0) is 11.3 Å². The molecule has 0 atom stereocenters. The van der Waals surface area contributed by atoms with Crippen LogP contribution in [0, 0.1) is 6.92 Å². The Labute approximate surface area is 174 Å². The standard InChI is InChI=1S/C21H22Cl2N2O3/c1-13-15(12-25(2)10-11-27-3)14-6-4-9-18(20(14)28-13)24-21(26)19-16(22)7-5-8-17(19)23/h4-9H,10-12H2,1-3H3,(H,24,26). The van der Waals surface area contributed by atoms with Crippen molar-refractivity contribution in [1.82, 2.24) is 4.90 Å². The molecule has 0 fully saturated rings. The van der Waals surface area contributed by atoms with Crippen LogP contribution < -0.4 is 5.32 Å². The number of fused-ring (bicyclic) bond motifs is 1. The lowest BCUT2D eigenvalue weighted by Crippen LogP contribution is -2.22. The Balaban J connectivity index is 1.91. The number of nitrogens with one attached hydrogen (secondary N) is 1. The maximum absolute atomic E-state index is 12.7. The summed E-state index contributed by atoms with van der Waals surface area (Å²) >= 11 is 12.3. The van der Waals surface area contributed by atoms with Gasteiger partial charge >= 0.3 is 0 Å². The smallest absolute Gasteiger partial charge is 0.258 e. The number of hydrogen-bond acceptors (Lipinski definition) is 4. The molecule has 0 saturated heterocycles. The third-order valence-corrected chi connectivity index (χ3v) is 5.19. The quantitative estimate of drug-likeness (QED) is 0.557. The fourth-order valence-corrected chi connectivity index (χ4v) is 3.65. The molecule has 3 aromatic rings. The predicted molar refractivity (Wildman–Crippen MR) is 114 cm³/mol. The van der Waals surface area contributed by atoms with E-state index in [0.29, 0.717) is 27.9 Å². The third kappa shape index (κ3) is 4.33. The van der Waals surface area contributed by atoms with Crippen molar-refractivity contribution in [1.29, 1.82) is 0 Å². The number of likely N-dealkylation sites (N-methyl/N-ethyl adjacent to an activating group) is 1. The SMILES string of the molecule is COCCN(C)Cc1c(C)oc2c(NC(=O)c3c(Cl)cccc3Cl)cccc12. The lowest BCUT2D eigenvalue weighted by atomic mass is 10.1. The number of ether oxygens (including phenoxy) is 1. The van der Waals surface area contributed by atoms with Gasteiger partial charge in [0.1, 0.15) is 5.76 Å². The van der Waals surface area contributed by atoms with Gasteiger partial charge in [-0.05, 0) is 32.2 Å². The molecule has 1 aromatic heterocycles. The number of carbonyl (C=O) groups is 1. The Hall–Kier alpha value is -2.05. The highest BCUT2D eigenvalue weighted by atomic mass is 35.5. The van der Waals surface area contributed by atoms with Crippen LogP contribution in [0.15, 0.2) is 40.8 Å². The van der Waals surface area contributed by atoms with E-state index >= 15 is 0 Å². The van der Waals surface area contributed by atoms with Crippen molar-refractivity contribution < 1.29 is 13.9 Å². The van der Waals surface area contributed by atoms with Crippen LogP contribution in [-0.4, -0.2) is 38.1 Å². The van der Waals surface area contributed by atoms with Gasteiger partial charge in [-0.1, -0.05) is 41.4 Å². The van der Waals surface area contributed by atoms with Crippen LogP contribution in [0.1, 0.15) is 21.7 Å². The van der Waals surface area contributed by atoms with Gasteiger partial charge in [-0.25, -0.2) is 0 Å². The summed E-state index contributed by atoms with van der Waals surface area (Å²) in [7, 11) is 3.72. The minimum Gasteiger partial charge on any atom is -0.459 e. The van der Waals surface area contributed by atoms with E-state index in [2.05, 4.69) is 10.2 Å². The zero-order valence-electron chi connectivity index (χ0n) is 16.0. The Morgan fingerprint density at radius 1 is 1.18 bits per heavy atom. The molecule has 0 saturated carbocycles. The van der Waals surface area contributed by atoms with Crippen molar-refractivity contribution in [2.75, 3.05) is 32.6 Å². The van der Waals surface area contributed by atoms with Gasteiger partial charge in [-0.3, -0.25) is 9.69 Å². The number of nitrogens with zero attached hydrogens (tertiary/aromatic N) is 1. The van der Waals surface area contributed by atoms with Crippen LogP contribution >= 0.6 is 23.2 Å². The van der Waals surface area contributed by atoms with E-state index in [4.69, 9.17) is 32.4 Å². The number of anilines is 1. The summed E-state index contributed by atoms with van der Waals surface area (Å²) in [4.78, 5) is 14.9. The molecule has 2 aromatic carbocycles. The maximum Gasteiger partial charge on any atom is 0.258 e. The molecule has 0 bridgehead atoms. The van der Waals surface area contributed by atoms with Crippen molar-refractivity contribution in [3.63, 3.8) is 0 Å². The molecule has 0 unspecified atom stereocenters. The second-order valence-electron chi connectivity index (χ2n) is 6.60. The molecular formula is C21H22Cl2N2O3. The molecule has 0 radical (unpaired) electrons. The highest BCUT2D eigenvalue weighted by Crippen LogP contribution is 2.33. The number of aryl methyl sites for hydroxylation is 1. The number of halogens is 2. The van der Waals surface area contributed by atoms with Crippen LogP contribution in [0.4, 0.5) is 5.69 Å². The summed E-state index contributed by atoms with van der Waals surface area (Å²) in [6, 6.07) is 10.6. The number of hydrogen-bond donors (Lipinski definition) is 1. The highest BCUT2D eigenvalue weighted by molar-refractivity contribution is 6.40. The Morgan fingerprint density at radius 3 is 2.54 bits per heavy atom. The van der Waals surface area contributed by atoms with E-state index in [9.17, 15) is 4.79 Å². The Morgan fingerprint density at radius 2 is 1.86 bits per heavy atom. The largest absolute Gasteiger partial charge is 0.459 e. The second-order valence-corrected chi connectivity index (χ2v) is 7.41. The first-order chi connectivity index (χ1) is 13.4. The first kappa shape index (κ1) is 20.7. The van der Waals surface area contributed by atoms with Crippen molar-refractivity contribution >= 4 is 45.8 Å². The summed E-state index contributed by atoms with van der Waals surface area (Å²) in [6.07, 6.45) is 0. The van der Waals surface area contributed by atoms with Crippen molar-refractivity contribution in [2.45, 2.75) is 13.5 Å². The van der Waals surface area contributed by atoms with Crippen molar-refractivity contribution in [3.8, 4) is 0 Å². The predicted octanol–water partition coefficient (Wildman–Crippen LogP) is 5.38. The number of methoxy groups -OCH3 is 1.